The number of nitrogens with zero attached hydrogens (tertiary/aromatic N) is 2. The zero-order valence-corrected chi connectivity index (χ0v) is 12.0. The van der Waals surface area contributed by atoms with Crippen molar-refractivity contribution in [2.24, 2.45) is 12.8 Å². The van der Waals surface area contributed by atoms with Crippen molar-refractivity contribution in [3.8, 4) is 17.0 Å². The molecule has 0 aliphatic heterocycles. The number of nitrogens with two attached hydrogens (primary N) is 1. The van der Waals surface area contributed by atoms with E-state index in [1.165, 1.54) is 5.56 Å². The van der Waals surface area contributed by atoms with E-state index >= 15 is 0 Å². The zero-order chi connectivity index (χ0) is 14.0. The van der Waals surface area contributed by atoms with Gasteiger partial charge in [-0.25, -0.2) is 0 Å². The molecule has 1 heterocycles. The van der Waals surface area contributed by atoms with E-state index in [4.69, 9.17) is 10.5 Å². The Labute approximate surface area is 114 Å². The maximum Gasteiger partial charge on any atom is 0.128 e. The lowest BCUT2D eigenvalue weighted by molar-refractivity contribution is 0.415. The highest BCUT2D eigenvalue weighted by molar-refractivity contribution is 5.68. The molecule has 1 aromatic carbocycles. The second-order valence-corrected chi connectivity index (χ2v) is 4.96. The van der Waals surface area contributed by atoms with Gasteiger partial charge < -0.3 is 10.5 Å². The average molecular weight is 259 g/mol. The van der Waals surface area contributed by atoms with Crippen LogP contribution in [0, 0.1) is 0 Å². The van der Waals surface area contributed by atoms with Gasteiger partial charge in [0.05, 0.1) is 18.5 Å². The van der Waals surface area contributed by atoms with E-state index in [1.807, 2.05) is 17.8 Å². The van der Waals surface area contributed by atoms with Gasteiger partial charge in [-0.3, -0.25) is 4.68 Å². The van der Waals surface area contributed by atoms with E-state index < -0.39 is 0 Å². The fourth-order valence-corrected chi connectivity index (χ4v) is 2.16. The van der Waals surface area contributed by atoms with Crippen LogP contribution in [0.15, 0.2) is 24.3 Å². The molecule has 0 atom stereocenters. The molecule has 2 rings (SSSR count). The maximum absolute atomic E-state index is 5.64. The van der Waals surface area contributed by atoms with Crippen LogP contribution in [-0.4, -0.2) is 16.9 Å². The first-order chi connectivity index (χ1) is 9.06. The van der Waals surface area contributed by atoms with Gasteiger partial charge in [-0.15, -0.1) is 0 Å². The largest absolute Gasteiger partial charge is 0.496 e. The molecule has 0 fully saturated rings. The molecule has 0 saturated carbocycles. The highest BCUT2D eigenvalue weighted by Crippen LogP contribution is 2.32. The fraction of sp³-hybridized carbons (Fsp3) is 0.400. The van der Waals surface area contributed by atoms with E-state index in [9.17, 15) is 0 Å². The first-order valence-corrected chi connectivity index (χ1v) is 6.48. The summed E-state index contributed by atoms with van der Waals surface area (Å²) < 4.78 is 7.36. The molecule has 0 spiro atoms. The highest BCUT2D eigenvalue weighted by Gasteiger charge is 2.13. The number of methoxy groups -OCH3 is 1. The van der Waals surface area contributed by atoms with Gasteiger partial charge in [0.25, 0.3) is 0 Å². The molecule has 0 unspecified atom stereocenters. The smallest absolute Gasteiger partial charge is 0.128 e. The van der Waals surface area contributed by atoms with Crippen molar-refractivity contribution in [1.29, 1.82) is 0 Å². The maximum atomic E-state index is 5.64. The normalized spacial score (nSPS) is 11.1. The van der Waals surface area contributed by atoms with Gasteiger partial charge >= 0.3 is 0 Å². The summed E-state index contributed by atoms with van der Waals surface area (Å²) in [5.41, 5.74) is 9.85. The van der Waals surface area contributed by atoms with Gasteiger partial charge in [-0.05, 0) is 29.7 Å². The van der Waals surface area contributed by atoms with Crippen molar-refractivity contribution in [3.63, 3.8) is 0 Å². The van der Waals surface area contributed by atoms with Crippen molar-refractivity contribution in [2.75, 3.05) is 7.11 Å². The van der Waals surface area contributed by atoms with Gasteiger partial charge in [0.2, 0.25) is 0 Å². The minimum absolute atomic E-state index is 0.445. The molecular weight excluding hydrogens is 238 g/mol. The topological polar surface area (TPSA) is 53.1 Å². The van der Waals surface area contributed by atoms with Crippen molar-refractivity contribution in [2.45, 2.75) is 26.3 Å². The third kappa shape index (κ3) is 2.63. The molecule has 0 radical (unpaired) electrons. The Morgan fingerprint density at radius 2 is 2.05 bits per heavy atom. The Hall–Kier alpha value is -1.81. The molecule has 0 aliphatic rings. The van der Waals surface area contributed by atoms with Gasteiger partial charge in [-0.1, -0.05) is 19.9 Å². The summed E-state index contributed by atoms with van der Waals surface area (Å²) in [5.74, 6) is 1.35. The SMILES string of the molecule is COc1cc(C(C)C)ccc1-c1cc(CN)nn1C. The van der Waals surface area contributed by atoms with E-state index in [0.29, 0.717) is 12.5 Å². The summed E-state index contributed by atoms with van der Waals surface area (Å²) in [6, 6.07) is 8.32. The minimum atomic E-state index is 0.445. The van der Waals surface area contributed by atoms with Crippen LogP contribution in [0.25, 0.3) is 11.3 Å². The Kier molecular flexibility index (Phi) is 3.90. The predicted molar refractivity (Wildman–Crippen MR) is 77.2 cm³/mol. The van der Waals surface area contributed by atoms with Crippen LogP contribution in [0.5, 0.6) is 5.75 Å². The molecule has 0 saturated heterocycles. The zero-order valence-electron chi connectivity index (χ0n) is 12.0. The number of ether oxygens (including phenoxy) is 1. The molecule has 0 amide bonds. The third-order valence-electron chi connectivity index (χ3n) is 3.31. The summed E-state index contributed by atoms with van der Waals surface area (Å²) in [6.07, 6.45) is 0. The van der Waals surface area contributed by atoms with E-state index in [-0.39, 0.29) is 0 Å². The Bertz CT molecular complexity index is 573. The van der Waals surface area contributed by atoms with Crippen LogP contribution >= 0.6 is 0 Å². The van der Waals surface area contributed by atoms with Crippen LogP contribution in [-0.2, 0) is 13.6 Å². The lowest BCUT2D eigenvalue weighted by Gasteiger charge is -2.12. The number of benzene rings is 1. The first kappa shape index (κ1) is 13.6. The number of aromatic nitrogens is 2. The van der Waals surface area contributed by atoms with Crippen molar-refractivity contribution in [1.82, 2.24) is 9.78 Å². The van der Waals surface area contributed by atoms with Crippen LogP contribution < -0.4 is 10.5 Å². The molecular formula is C15H21N3O. The van der Waals surface area contributed by atoms with Crippen LogP contribution in [0.4, 0.5) is 0 Å². The molecule has 4 nitrogen and oxygen atoms in total. The number of aryl methyl sites for hydroxylation is 1. The Morgan fingerprint density at radius 1 is 1.32 bits per heavy atom. The van der Waals surface area contributed by atoms with E-state index in [1.54, 1.807) is 7.11 Å². The second-order valence-electron chi connectivity index (χ2n) is 4.96. The summed E-state index contributed by atoms with van der Waals surface area (Å²) in [5, 5.41) is 4.37. The van der Waals surface area contributed by atoms with Crippen LogP contribution in [0.2, 0.25) is 0 Å². The first-order valence-electron chi connectivity index (χ1n) is 6.48. The Morgan fingerprint density at radius 3 is 2.58 bits per heavy atom. The summed E-state index contributed by atoms with van der Waals surface area (Å²) in [4.78, 5) is 0. The molecule has 102 valence electrons. The monoisotopic (exact) mass is 259 g/mol. The minimum Gasteiger partial charge on any atom is -0.496 e. The summed E-state index contributed by atoms with van der Waals surface area (Å²) in [6.45, 7) is 4.79. The molecule has 4 heteroatoms. The van der Waals surface area contributed by atoms with Crippen molar-refractivity contribution < 1.29 is 4.74 Å². The number of hydrogen-bond acceptors (Lipinski definition) is 3. The average Bonchev–Trinajstić information content (AvgIpc) is 2.79. The van der Waals surface area contributed by atoms with E-state index in [2.05, 4.69) is 37.1 Å². The second kappa shape index (κ2) is 5.45. The fourth-order valence-electron chi connectivity index (χ4n) is 2.16. The number of hydrogen-bond donors (Lipinski definition) is 1. The van der Waals surface area contributed by atoms with Gasteiger partial charge in [0.15, 0.2) is 0 Å². The van der Waals surface area contributed by atoms with Crippen LogP contribution in [0.3, 0.4) is 0 Å². The molecule has 2 aromatic rings. The molecule has 0 aliphatic carbocycles. The summed E-state index contributed by atoms with van der Waals surface area (Å²) in [7, 11) is 3.62. The highest BCUT2D eigenvalue weighted by atomic mass is 16.5. The Balaban J connectivity index is 2.52. The van der Waals surface area contributed by atoms with Crippen molar-refractivity contribution >= 4 is 0 Å². The third-order valence-corrected chi connectivity index (χ3v) is 3.31. The lowest BCUT2D eigenvalue weighted by Crippen LogP contribution is -1.99. The lowest BCUT2D eigenvalue weighted by atomic mass is 9.99. The van der Waals surface area contributed by atoms with Crippen molar-refractivity contribution in [3.05, 3.63) is 35.5 Å². The van der Waals surface area contributed by atoms with Gasteiger partial charge in [-0.2, -0.15) is 5.10 Å². The van der Waals surface area contributed by atoms with E-state index in [0.717, 1.165) is 22.7 Å². The number of rotatable bonds is 4. The van der Waals surface area contributed by atoms with Gasteiger partial charge in [0, 0.05) is 19.2 Å². The molecule has 1 aromatic heterocycles. The van der Waals surface area contributed by atoms with Gasteiger partial charge in [0.1, 0.15) is 5.75 Å². The molecule has 0 bridgehead atoms. The molecule has 19 heavy (non-hydrogen) atoms. The predicted octanol–water partition coefficient (Wildman–Crippen LogP) is 2.68. The summed E-state index contributed by atoms with van der Waals surface area (Å²) >= 11 is 0. The quantitative estimate of drug-likeness (QED) is 0.918. The molecule has 2 N–H and O–H groups in total. The standard InChI is InChI=1S/C15H21N3O/c1-10(2)11-5-6-13(15(7-11)19-4)14-8-12(9-16)17-18(14)3/h5-8,10H,9,16H2,1-4H3. The van der Waals surface area contributed by atoms with Crippen LogP contribution in [0.1, 0.15) is 31.0 Å².